The van der Waals surface area contributed by atoms with Crippen LogP contribution in [0.25, 0.3) is 0 Å². The highest BCUT2D eigenvalue weighted by molar-refractivity contribution is 5.88. The number of carboxylic acid groups (broad SMARTS) is 1. The molecule has 0 saturated carbocycles. The summed E-state index contributed by atoms with van der Waals surface area (Å²) >= 11 is 0. The minimum Gasteiger partial charge on any atom is -0.478 e. The summed E-state index contributed by atoms with van der Waals surface area (Å²) < 4.78 is 0. The Kier molecular flexibility index (Phi) is 3.56. The van der Waals surface area contributed by atoms with Crippen molar-refractivity contribution < 1.29 is 9.90 Å². The molecule has 0 atom stereocenters. The largest absolute Gasteiger partial charge is 0.478 e. The number of hydrogen-bond acceptors (Lipinski definition) is 4. The zero-order valence-corrected chi connectivity index (χ0v) is 10.5. The molecule has 98 valence electrons. The minimum atomic E-state index is -0.930. The Morgan fingerprint density at radius 2 is 1.68 bits per heavy atom. The van der Waals surface area contributed by atoms with E-state index < -0.39 is 5.97 Å². The number of hydrazine groups is 1. The van der Waals surface area contributed by atoms with Crippen LogP contribution in [-0.2, 0) is 0 Å². The Hall–Kier alpha value is -2.69. The van der Waals surface area contributed by atoms with Crippen molar-refractivity contribution in [2.75, 3.05) is 23.2 Å². The molecule has 0 radical (unpaired) electrons. The first-order valence-corrected chi connectivity index (χ1v) is 5.75. The van der Waals surface area contributed by atoms with Gasteiger partial charge in [-0.2, -0.15) is 0 Å². The van der Waals surface area contributed by atoms with Gasteiger partial charge in [0.25, 0.3) is 0 Å². The molecule has 4 N–H and O–H groups in total. The molecule has 0 unspecified atom stereocenters. The summed E-state index contributed by atoms with van der Waals surface area (Å²) in [5, 5.41) is 10.6. The van der Waals surface area contributed by atoms with Gasteiger partial charge in [-0.05, 0) is 48.5 Å². The highest BCUT2D eigenvalue weighted by Gasteiger charge is 2.04. The molecule has 0 aliphatic rings. The summed E-state index contributed by atoms with van der Waals surface area (Å²) in [6.07, 6.45) is 0. The van der Waals surface area contributed by atoms with Crippen LogP contribution in [0.2, 0.25) is 0 Å². The lowest BCUT2D eigenvalue weighted by Gasteiger charge is -2.21. The van der Waals surface area contributed by atoms with Gasteiger partial charge in [0.1, 0.15) is 0 Å². The van der Waals surface area contributed by atoms with Gasteiger partial charge < -0.3 is 10.8 Å². The van der Waals surface area contributed by atoms with Crippen molar-refractivity contribution in [1.29, 1.82) is 0 Å². The number of benzene rings is 2. The Morgan fingerprint density at radius 1 is 1.11 bits per heavy atom. The molecular formula is C14H15N3O2. The number of nitrogens with one attached hydrogen (secondary N) is 1. The number of rotatable bonds is 4. The average molecular weight is 257 g/mol. The van der Waals surface area contributed by atoms with Crippen molar-refractivity contribution >= 4 is 23.0 Å². The van der Waals surface area contributed by atoms with Crippen molar-refractivity contribution in [3.05, 3.63) is 54.1 Å². The number of nitrogens with two attached hydrogens (primary N) is 1. The molecule has 0 fully saturated rings. The smallest absolute Gasteiger partial charge is 0.335 e. The van der Waals surface area contributed by atoms with Crippen molar-refractivity contribution in [1.82, 2.24) is 0 Å². The predicted molar refractivity (Wildman–Crippen MR) is 76.3 cm³/mol. The van der Waals surface area contributed by atoms with Crippen LogP contribution in [0.4, 0.5) is 17.1 Å². The van der Waals surface area contributed by atoms with Gasteiger partial charge in [0, 0.05) is 12.7 Å². The van der Waals surface area contributed by atoms with Gasteiger partial charge in [-0.1, -0.05) is 0 Å². The lowest BCUT2D eigenvalue weighted by Crippen LogP contribution is -2.24. The van der Waals surface area contributed by atoms with Gasteiger partial charge in [-0.3, -0.25) is 10.4 Å². The highest BCUT2D eigenvalue weighted by Crippen LogP contribution is 2.17. The predicted octanol–water partition coefficient (Wildman–Crippen LogP) is 2.43. The summed E-state index contributed by atoms with van der Waals surface area (Å²) in [6.45, 7) is 0. The van der Waals surface area contributed by atoms with Crippen LogP contribution in [0.3, 0.4) is 0 Å². The Bertz CT molecular complexity index is 564. The molecule has 19 heavy (non-hydrogen) atoms. The lowest BCUT2D eigenvalue weighted by atomic mass is 10.2. The number of carboxylic acids is 1. The Balaban J connectivity index is 2.09. The first-order valence-electron chi connectivity index (χ1n) is 5.75. The number of hydrogen-bond donors (Lipinski definition) is 3. The van der Waals surface area contributed by atoms with Gasteiger partial charge in [-0.25, -0.2) is 4.79 Å². The van der Waals surface area contributed by atoms with Gasteiger partial charge in [0.2, 0.25) is 0 Å². The molecule has 0 aliphatic carbocycles. The molecule has 0 aromatic heterocycles. The molecule has 0 saturated heterocycles. The number of anilines is 3. The minimum absolute atomic E-state index is 0.268. The van der Waals surface area contributed by atoms with Crippen molar-refractivity contribution in [2.45, 2.75) is 0 Å². The van der Waals surface area contributed by atoms with Gasteiger partial charge in [0.05, 0.1) is 16.9 Å². The summed E-state index contributed by atoms with van der Waals surface area (Å²) in [6, 6.07) is 14.0. The van der Waals surface area contributed by atoms with E-state index in [0.717, 1.165) is 11.4 Å². The van der Waals surface area contributed by atoms with Crippen LogP contribution in [0.15, 0.2) is 48.5 Å². The molecule has 2 aromatic rings. The van der Waals surface area contributed by atoms with E-state index in [4.69, 9.17) is 10.8 Å². The van der Waals surface area contributed by atoms with E-state index in [1.165, 1.54) is 0 Å². The SMILES string of the molecule is CN(Nc1ccc(N)cc1)c1ccc(C(=O)O)cc1. The summed E-state index contributed by atoms with van der Waals surface area (Å²) in [5.41, 5.74) is 11.5. The maximum atomic E-state index is 10.8. The second-order valence-electron chi connectivity index (χ2n) is 4.14. The second kappa shape index (κ2) is 5.30. The van der Waals surface area contributed by atoms with E-state index in [0.29, 0.717) is 5.69 Å². The molecule has 5 nitrogen and oxygen atoms in total. The van der Waals surface area contributed by atoms with E-state index in [1.54, 1.807) is 29.3 Å². The van der Waals surface area contributed by atoms with Crippen LogP contribution >= 0.6 is 0 Å². The maximum absolute atomic E-state index is 10.8. The number of aromatic carboxylic acids is 1. The zero-order chi connectivity index (χ0) is 13.8. The molecule has 2 rings (SSSR count). The highest BCUT2D eigenvalue weighted by atomic mass is 16.4. The first kappa shape index (κ1) is 12.8. The van der Waals surface area contributed by atoms with Crippen LogP contribution in [-0.4, -0.2) is 18.1 Å². The number of carbonyl (C=O) groups is 1. The third-order valence-corrected chi connectivity index (χ3v) is 2.71. The molecule has 0 bridgehead atoms. The van der Waals surface area contributed by atoms with Crippen LogP contribution in [0.1, 0.15) is 10.4 Å². The first-order chi connectivity index (χ1) is 9.06. The topological polar surface area (TPSA) is 78.6 Å². The van der Waals surface area contributed by atoms with E-state index in [9.17, 15) is 4.79 Å². The average Bonchev–Trinajstić information content (AvgIpc) is 2.41. The van der Waals surface area contributed by atoms with Crippen molar-refractivity contribution in [3.63, 3.8) is 0 Å². The van der Waals surface area contributed by atoms with E-state index in [2.05, 4.69) is 5.43 Å². The monoisotopic (exact) mass is 257 g/mol. The fourth-order valence-electron chi connectivity index (χ4n) is 1.64. The normalized spacial score (nSPS) is 9.95. The van der Waals surface area contributed by atoms with E-state index in [1.807, 2.05) is 31.3 Å². The molecule has 0 aliphatic heterocycles. The fourth-order valence-corrected chi connectivity index (χ4v) is 1.64. The summed E-state index contributed by atoms with van der Waals surface area (Å²) in [4.78, 5) is 10.8. The molecule has 0 heterocycles. The summed E-state index contributed by atoms with van der Waals surface area (Å²) in [5.74, 6) is -0.930. The van der Waals surface area contributed by atoms with E-state index in [-0.39, 0.29) is 5.56 Å². The second-order valence-corrected chi connectivity index (χ2v) is 4.14. The van der Waals surface area contributed by atoms with Crippen molar-refractivity contribution in [3.8, 4) is 0 Å². The lowest BCUT2D eigenvalue weighted by molar-refractivity contribution is 0.0697. The quantitative estimate of drug-likeness (QED) is 0.579. The Labute approximate surface area is 111 Å². The fraction of sp³-hybridized carbons (Fsp3) is 0.0714. The van der Waals surface area contributed by atoms with Crippen LogP contribution in [0, 0.1) is 0 Å². The van der Waals surface area contributed by atoms with Gasteiger partial charge in [-0.15, -0.1) is 0 Å². The standard InChI is InChI=1S/C14H15N3O2/c1-17(16-12-6-4-11(15)5-7-12)13-8-2-10(3-9-13)14(18)19/h2-9,16H,15H2,1H3,(H,18,19). The third-order valence-electron chi connectivity index (χ3n) is 2.71. The van der Waals surface area contributed by atoms with E-state index >= 15 is 0 Å². The maximum Gasteiger partial charge on any atom is 0.335 e. The number of nitrogen functional groups attached to an aromatic ring is 1. The Morgan fingerprint density at radius 3 is 2.21 bits per heavy atom. The molecular weight excluding hydrogens is 242 g/mol. The van der Waals surface area contributed by atoms with Crippen molar-refractivity contribution in [2.24, 2.45) is 0 Å². The molecule has 2 aromatic carbocycles. The van der Waals surface area contributed by atoms with Gasteiger partial charge in [0.15, 0.2) is 0 Å². The van der Waals surface area contributed by atoms with Crippen LogP contribution < -0.4 is 16.2 Å². The number of nitrogens with zero attached hydrogens (tertiary/aromatic N) is 1. The molecule has 0 spiro atoms. The summed E-state index contributed by atoms with van der Waals surface area (Å²) in [7, 11) is 1.85. The van der Waals surface area contributed by atoms with Gasteiger partial charge >= 0.3 is 5.97 Å². The van der Waals surface area contributed by atoms with Crippen LogP contribution in [0.5, 0.6) is 0 Å². The third kappa shape index (κ3) is 3.16. The molecule has 0 amide bonds. The zero-order valence-electron chi connectivity index (χ0n) is 10.5. The molecule has 5 heteroatoms.